The molecule has 0 radical (unpaired) electrons. The monoisotopic (exact) mass is 166 g/mol. The molecule has 0 unspecified atom stereocenters. The van der Waals surface area contributed by atoms with E-state index in [1.807, 2.05) is 0 Å². The van der Waals surface area contributed by atoms with Gasteiger partial charge in [0.1, 0.15) is 5.82 Å². The molecule has 1 aromatic rings. The van der Waals surface area contributed by atoms with Gasteiger partial charge in [-0.25, -0.2) is 4.39 Å². The number of carbonyl (C=O) groups is 1. The lowest BCUT2D eigenvalue weighted by atomic mass is 10.4. The molecule has 0 spiro atoms. The summed E-state index contributed by atoms with van der Waals surface area (Å²) in [5.41, 5.74) is 0. The fraction of sp³-hybridized carbons (Fsp3) is 0.100. The molecule has 2 heteroatoms. The van der Waals surface area contributed by atoms with Crippen LogP contribution in [0, 0.1) is 5.82 Å². The lowest BCUT2D eigenvalue weighted by molar-refractivity contribution is -0.112. The molecule has 64 valence electrons. The number of benzene rings is 1. The van der Waals surface area contributed by atoms with Gasteiger partial charge in [-0.3, -0.25) is 4.79 Å². The second-order valence-electron chi connectivity index (χ2n) is 2.11. The summed E-state index contributed by atoms with van der Waals surface area (Å²) in [5, 5.41) is 0. The lowest BCUT2D eigenvalue weighted by Crippen LogP contribution is -1.74. The Morgan fingerprint density at radius 3 is 2.00 bits per heavy atom. The maximum Gasteiger partial charge on any atom is 0.152 e. The minimum Gasteiger partial charge on any atom is -0.295 e. The van der Waals surface area contributed by atoms with Gasteiger partial charge in [-0.1, -0.05) is 24.8 Å². The van der Waals surface area contributed by atoms with Crippen molar-refractivity contribution < 1.29 is 9.18 Å². The maximum atomic E-state index is 11.9. The summed E-state index contributed by atoms with van der Waals surface area (Å²) in [7, 11) is 0. The highest BCUT2D eigenvalue weighted by Gasteiger charge is 1.77. The van der Waals surface area contributed by atoms with Gasteiger partial charge < -0.3 is 0 Å². The molecule has 0 saturated heterocycles. The summed E-state index contributed by atoms with van der Waals surface area (Å²) >= 11 is 0. The van der Waals surface area contributed by atoms with Gasteiger partial charge in [0, 0.05) is 0 Å². The fourth-order valence-electron chi connectivity index (χ4n) is 0.415. The molecular weight excluding hydrogens is 155 g/mol. The topological polar surface area (TPSA) is 17.1 Å². The zero-order chi connectivity index (χ0) is 9.40. The number of ketones is 1. The first kappa shape index (κ1) is 10.6. The summed E-state index contributed by atoms with van der Waals surface area (Å²) in [6.45, 7) is 4.68. The Hall–Kier alpha value is -1.44. The number of allylic oxidation sites excluding steroid dienone is 1. The highest BCUT2D eigenvalue weighted by Crippen LogP contribution is 1.91. The number of hydrogen-bond donors (Lipinski definition) is 0. The number of rotatable bonds is 1. The van der Waals surface area contributed by atoms with Crippen molar-refractivity contribution in [3.05, 3.63) is 48.8 Å². The Labute approximate surface area is 71.5 Å². The first-order chi connectivity index (χ1) is 5.66. The van der Waals surface area contributed by atoms with Gasteiger partial charge in [0.25, 0.3) is 0 Å². The zero-order valence-corrected chi connectivity index (χ0v) is 6.96. The van der Waals surface area contributed by atoms with E-state index in [1.165, 1.54) is 25.1 Å². The van der Waals surface area contributed by atoms with Crippen LogP contribution in [-0.2, 0) is 4.79 Å². The Bertz CT molecular complexity index is 241. The van der Waals surface area contributed by atoms with Crippen molar-refractivity contribution in [2.45, 2.75) is 6.92 Å². The summed E-state index contributed by atoms with van der Waals surface area (Å²) in [6, 6.07) is 7.94. The van der Waals surface area contributed by atoms with Crippen LogP contribution in [0.25, 0.3) is 0 Å². The largest absolute Gasteiger partial charge is 0.295 e. The molecule has 0 bridgehead atoms. The van der Waals surface area contributed by atoms with E-state index in [4.69, 9.17) is 0 Å². The maximum absolute atomic E-state index is 11.9. The van der Waals surface area contributed by atoms with E-state index in [0.717, 1.165) is 0 Å². The van der Waals surface area contributed by atoms with E-state index < -0.39 is 0 Å². The van der Waals surface area contributed by atoms with Gasteiger partial charge in [0.2, 0.25) is 0 Å². The average molecular weight is 166 g/mol. The molecule has 0 aromatic heterocycles. The predicted octanol–water partition coefficient (Wildman–Crippen LogP) is 2.59. The van der Waals surface area contributed by atoms with Crippen molar-refractivity contribution in [1.29, 1.82) is 0 Å². The number of halogens is 1. The summed E-state index contributed by atoms with van der Waals surface area (Å²) in [6.07, 6.45) is 1.28. The molecule has 1 rings (SSSR count). The number of carbonyl (C=O) groups excluding carboxylic acids is 1. The lowest BCUT2D eigenvalue weighted by Gasteiger charge is -1.78. The Morgan fingerprint density at radius 1 is 1.42 bits per heavy atom. The van der Waals surface area contributed by atoms with E-state index in [-0.39, 0.29) is 11.6 Å². The van der Waals surface area contributed by atoms with Crippen molar-refractivity contribution in [2.24, 2.45) is 0 Å². The van der Waals surface area contributed by atoms with Crippen LogP contribution in [-0.4, -0.2) is 5.78 Å². The summed E-state index contributed by atoms with van der Waals surface area (Å²) < 4.78 is 11.9. The Morgan fingerprint density at radius 2 is 1.83 bits per heavy atom. The molecule has 1 aromatic carbocycles. The van der Waals surface area contributed by atoms with Crippen molar-refractivity contribution >= 4 is 5.78 Å². The Kier molecular flexibility index (Phi) is 5.53. The van der Waals surface area contributed by atoms with Crippen LogP contribution < -0.4 is 0 Å². The quantitative estimate of drug-likeness (QED) is 0.586. The van der Waals surface area contributed by atoms with E-state index in [1.54, 1.807) is 18.2 Å². The van der Waals surface area contributed by atoms with Crippen LogP contribution in [0.2, 0.25) is 0 Å². The SMILES string of the molecule is C=CC(C)=O.Fc1ccccc1. The van der Waals surface area contributed by atoms with Gasteiger partial charge in [-0.2, -0.15) is 0 Å². The smallest absolute Gasteiger partial charge is 0.152 e. The normalized spacial score (nSPS) is 7.83. The van der Waals surface area contributed by atoms with E-state index in [0.29, 0.717) is 0 Å². The molecule has 0 heterocycles. The standard InChI is InChI=1S/C6H5F.C4H6O/c7-6-4-2-1-3-5-6;1-3-4(2)5/h1-5H;3H,1H2,2H3. The summed E-state index contributed by atoms with van der Waals surface area (Å²) in [4.78, 5) is 9.69. The van der Waals surface area contributed by atoms with Crippen LogP contribution in [0.1, 0.15) is 6.92 Å². The summed E-state index contributed by atoms with van der Waals surface area (Å²) in [5.74, 6) is -0.160. The van der Waals surface area contributed by atoms with Gasteiger partial charge >= 0.3 is 0 Å². The molecule has 12 heavy (non-hydrogen) atoms. The van der Waals surface area contributed by atoms with Crippen molar-refractivity contribution in [1.82, 2.24) is 0 Å². The van der Waals surface area contributed by atoms with E-state index >= 15 is 0 Å². The van der Waals surface area contributed by atoms with Crippen molar-refractivity contribution in [2.75, 3.05) is 0 Å². The highest BCUT2D eigenvalue weighted by molar-refractivity contribution is 5.86. The van der Waals surface area contributed by atoms with Crippen LogP contribution in [0.5, 0.6) is 0 Å². The van der Waals surface area contributed by atoms with Gasteiger partial charge in [0.15, 0.2) is 5.78 Å². The van der Waals surface area contributed by atoms with Crippen LogP contribution in [0.4, 0.5) is 4.39 Å². The third-order valence-corrected chi connectivity index (χ3v) is 1.02. The Balaban J connectivity index is 0.000000217. The van der Waals surface area contributed by atoms with Crippen LogP contribution >= 0.6 is 0 Å². The first-order valence-electron chi connectivity index (χ1n) is 3.50. The van der Waals surface area contributed by atoms with Gasteiger partial charge in [0.05, 0.1) is 0 Å². The van der Waals surface area contributed by atoms with E-state index in [9.17, 15) is 9.18 Å². The third-order valence-electron chi connectivity index (χ3n) is 1.02. The van der Waals surface area contributed by atoms with Crippen LogP contribution in [0.3, 0.4) is 0 Å². The second-order valence-corrected chi connectivity index (χ2v) is 2.11. The molecule has 0 atom stereocenters. The van der Waals surface area contributed by atoms with Crippen molar-refractivity contribution in [3.8, 4) is 0 Å². The molecule has 0 aliphatic heterocycles. The first-order valence-corrected chi connectivity index (χ1v) is 3.50. The molecular formula is C10H11FO. The molecule has 1 nitrogen and oxygen atoms in total. The number of hydrogen-bond acceptors (Lipinski definition) is 1. The molecule has 0 saturated carbocycles. The second kappa shape index (κ2) is 6.28. The van der Waals surface area contributed by atoms with Crippen molar-refractivity contribution in [3.63, 3.8) is 0 Å². The molecule has 0 aliphatic rings. The van der Waals surface area contributed by atoms with Gasteiger partial charge in [-0.15, -0.1) is 0 Å². The molecule has 0 N–H and O–H groups in total. The predicted molar refractivity (Wildman–Crippen MR) is 47.3 cm³/mol. The van der Waals surface area contributed by atoms with Gasteiger partial charge in [-0.05, 0) is 25.1 Å². The average Bonchev–Trinajstić information content (AvgIpc) is 2.07. The highest BCUT2D eigenvalue weighted by atomic mass is 19.1. The van der Waals surface area contributed by atoms with E-state index in [2.05, 4.69) is 6.58 Å². The molecule has 0 aliphatic carbocycles. The third kappa shape index (κ3) is 6.68. The molecule has 0 fully saturated rings. The molecule has 0 amide bonds. The van der Waals surface area contributed by atoms with Crippen LogP contribution in [0.15, 0.2) is 43.0 Å². The minimum absolute atomic E-state index is 0.0185. The minimum atomic E-state index is -0.178. The zero-order valence-electron chi connectivity index (χ0n) is 6.96. The fourth-order valence-corrected chi connectivity index (χ4v) is 0.415.